The third kappa shape index (κ3) is 2.94. The van der Waals surface area contributed by atoms with Crippen LogP contribution < -0.4 is 34.7 Å². The molecule has 0 heterocycles. The van der Waals surface area contributed by atoms with Crippen LogP contribution >= 0.6 is 0 Å². The van der Waals surface area contributed by atoms with Gasteiger partial charge in [0.05, 0.1) is 0 Å². The van der Waals surface area contributed by atoms with Crippen molar-refractivity contribution in [3.8, 4) is 0 Å². The first-order valence-electron chi connectivity index (χ1n) is 9.38. The molecule has 27 heavy (non-hydrogen) atoms. The van der Waals surface area contributed by atoms with Crippen molar-refractivity contribution in [2.75, 3.05) is 0 Å². The quantitative estimate of drug-likeness (QED) is 0.619. The van der Waals surface area contributed by atoms with Gasteiger partial charge in [-0.25, -0.2) is 0 Å². The zero-order chi connectivity index (χ0) is 17.6. The summed E-state index contributed by atoms with van der Waals surface area (Å²) in [5.74, 6) is 0. The summed E-state index contributed by atoms with van der Waals surface area (Å²) >= 11 is 0. The molecule has 0 radical (unpaired) electrons. The Morgan fingerprint density at radius 3 is 1.56 bits per heavy atom. The molecule has 3 aromatic rings. The van der Waals surface area contributed by atoms with E-state index in [2.05, 4.69) is 110 Å². The summed E-state index contributed by atoms with van der Waals surface area (Å²) in [5.41, 5.74) is 6.79. The maximum absolute atomic E-state index is 2.58. The number of allylic oxidation sites excluding steroid dienone is 2. The van der Waals surface area contributed by atoms with Gasteiger partial charge in [0.15, 0.2) is 0 Å². The second kappa shape index (κ2) is 7.41. The van der Waals surface area contributed by atoms with Crippen molar-refractivity contribution >= 4 is 25.4 Å². The Kier molecular flexibility index (Phi) is 5.13. The zero-order valence-electron chi connectivity index (χ0n) is 16.0. The van der Waals surface area contributed by atoms with E-state index >= 15 is 0 Å². The third-order valence-electron chi connectivity index (χ3n) is 6.29. The van der Waals surface area contributed by atoms with Crippen molar-refractivity contribution < 1.29 is 29.6 Å². The molecule has 2 heteroatoms. The molecule has 2 unspecified atom stereocenters. The van der Waals surface area contributed by atoms with Crippen LogP contribution in [0.1, 0.15) is 33.3 Å². The molecule has 126 valence electrons. The minimum Gasteiger partial charge on any atom is -0.0787 e. The van der Waals surface area contributed by atoms with Crippen LogP contribution in [0, 0.1) is 0 Å². The Bertz CT molecular complexity index is 958. The zero-order valence-corrected chi connectivity index (χ0v) is 19.0. The van der Waals surface area contributed by atoms with Crippen molar-refractivity contribution in [2.24, 2.45) is 0 Å². The van der Waals surface area contributed by atoms with Gasteiger partial charge in [0.25, 0.3) is 0 Å². The predicted octanol–water partition coefficient (Wildman–Crippen LogP) is 2.68. The summed E-state index contributed by atoms with van der Waals surface area (Å²) < 4.78 is 0. The number of hydrogen-bond donors (Lipinski definition) is 0. The summed E-state index contributed by atoms with van der Waals surface area (Å²) in [4.78, 5) is 0. The predicted molar refractivity (Wildman–Crippen MR) is 114 cm³/mol. The molecule has 0 aromatic heterocycles. The Balaban J connectivity index is 0.00000180. The van der Waals surface area contributed by atoms with Crippen LogP contribution in [0.15, 0.2) is 91.0 Å². The van der Waals surface area contributed by atoms with E-state index in [1.807, 2.05) is 0 Å². The van der Waals surface area contributed by atoms with Gasteiger partial charge < -0.3 is 0 Å². The van der Waals surface area contributed by atoms with Crippen LogP contribution in [0.25, 0.3) is 12.2 Å². The molecule has 0 saturated heterocycles. The van der Waals surface area contributed by atoms with Gasteiger partial charge in [-0.3, -0.25) is 0 Å². The van der Waals surface area contributed by atoms with Gasteiger partial charge in [0, 0.05) is 11.1 Å². The molecule has 2 atom stereocenters. The summed E-state index contributed by atoms with van der Waals surface area (Å²) in [6.07, 6.45) is 9.61. The third-order valence-corrected chi connectivity index (χ3v) is 11.5. The van der Waals surface area contributed by atoms with E-state index in [1.165, 1.54) is 27.4 Å². The van der Waals surface area contributed by atoms with Gasteiger partial charge in [-0.05, 0) is 22.3 Å². The normalized spacial score (nSPS) is 21.2. The van der Waals surface area contributed by atoms with Crippen molar-refractivity contribution in [1.82, 2.24) is 0 Å². The SMILES string of the molecule is C[Si](c1ccccc1)(C1C=Cc2ccccc21)C1C=Cc2ccccc21.[Na+]. The Morgan fingerprint density at radius 1 is 0.593 bits per heavy atom. The van der Waals surface area contributed by atoms with E-state index in [4.69, 9.17) is 0 Å². The van der Waals surface area contributed by atoms with Crippen LogP contribution in [-0.4, -0.2) is 8.07 Å². The van der Waals surface area contributed by atoms with Crippen LogP contribution in [0.2, 0.25) is 6.55 Å². The van der Waals surface area contributed by atoms with Crippen LogP contribution in [0.4, 0.5) is 0 Å². The molecule has 0 nitrogen and oxygen atoms in total. The fourth-order valence-corrected chi connectivity index (χ4v) is 9.72. The molecule has 5 rings (SSSR count). The molecular weight excluding hydrogens is 351 g/mol. The summed E-state index contributed by atoms with van der Waals surface area (Å²) in [6, 6.07) is 29.1. The first kappa shape index (κ1) is 18.7. The molecule has 2 aliphatic rings. The monoisotopic (exact) mass is 373 g/mol. The van der Waals surface area contributed by atoms with Gasteiger partial charge in [-0.15, -0.1) is 0 Å². The van der Waals surface area contributed by atoms with Crippen molar-refractivity contribution in [3.05, 3.63) is 113 Å². The first-order valence-corrected chi connectivity index (χ1v) is 12.0. The Labute approximate surface area is 185 Å². The van der Waals surface area contributed by atoms with E-state index in [1.54, 1.807) is 0 Å². The molecule has 3 aromatic carbocycles. The van der Waals surface area contributed by atoms with E-state index in [0.29, 0.717) is 11.1 Å². The van der Waals surface area contributed by atoms with Crippen molar-refractivity contribution in [2.45, 2.75) is 17.6 Å². The minimum atomic E-state index is -1.94. The average Bonchev–Trinajstić information content (AvgIpc) is 3.33. The molecular formula is C25H22NaSi+. The van der Waals surface area contributed by atoms with Gasteiger partial charge in [-0.2, -0.15) is 0 Å². The Morgan fingerprint density at radius 2 is 1.04 bits per heavy atom. The minimum absolute atomic E-state index is 0. The standard InChI is InChI=1S/C25H22Si.Na/c1-26(21-11-3-2-4-12-21,24-17-15-19-9-5-7-13-22(19)24)25-18-16-20-10-6-8-14-23(20)25;/h2-18,24-25H,1H3;/q;+1. The molecule has 0 aliphatic heterocycles. The van der Waals surface area contributed by atoms with Crippen molar-refractivity contribution in [3.63, 3.8) is 0 Å². The van der Waals surface area contributed by atoms with Gasteiger partial charge in [0.2, 0.25) is 0 Å². The van der Waals surface area contributed by atoms with Crippen LogP contribution in [-0.2, 0) is 0 Å². The van der Waals surface area contributed by atoms with Gasteiger partial charge >= 0.3 is 29.6 Å². The van der Waals surface area contributed by atoms with E-state index < -0.39 is 8.07 Å². The van der Waals surface area contributed by atoms with Crippen LogP contribution in [0.3, 0.4) is 0 Å². The largest absolute Gasteiger partial charge is 1.00 e. The molecule has 0 bridgehead atoms. The maximum atomic E-state index is 2.58. The first-order chi connectivity index (χ1) is 12.8. The molecule has 0 saturated carbocycles. The van der Waals surface area contributed by atoms with E-state index in [-0.39, 0.29) is 29.6 Å². The molecule has 0 amide bonds. The number of fused-ring (bicyclic) bond motifs is 2. The summed E-state index contributed by atoms with van der Waals surface area (Å²) in [7, 11) is -1.94. The van der Waals surface area contributed by atoms with E-state index in [0.717, 1.165) is 0 Å². The summed E-state index contributed by atoms with van der Waals surface area (Å²) in [5, 5.41) is 1.54. The smallest absolute Gasteiger partial charge is 0.0787 e. The number of benzene rings is 3. The number of rotatable bonds is 3. The van der Waals surface area contributed by atoms with Crippen molar-refractivity contribution in [1.29, 1.82) is 0 Å². The fourth-order valence-electron chi connectivity index (χ4n) is 4.89. The second-order valence-corrected chi connectivity index (χ2v) is 12.0. The molecule has 0 N–H and O–H groups in total. The Hall–Kier alpha value is -1.64. The second-order valence-electron chi connectivity index (χ2n) is 7.58. The molecule has 2 aliphatic carbocycles. The maximum Gasteiger partial charge on any atom is 1.00 e. The van der Waals surface area contributed by atoms with Crippen LogP contribution in [0.5, 0.6) is 0 Å². The molecule has 0 spiro atoms. The summed E-state index contributed by atoms with van der Waals surface area (Å²) in [6.45, 7) is 2.58. The number of hydrogen-bond acceptors (Lipinski definition) is 0. The topological polar surface area (TPSA) is 0 Å². The fraction of sp³-hybridized carbons (Fsp3) is 0.120. The van der Waals surface area contributed by atoms with Gasteiger partial charge in [0.1, 0.15) is 8.07 Å². The average molecular weight is 374 g/mol. The van der Waals surface area contributed by atoms with Gasteiger partial charge in [-0.1, -0.05) is 115 Å². The van der Waals surface area contributed by atoms with E-state index in [9.17, 15) is 0 Å². The molecule has 0 fully saturated rings.